The van der Waals surface area contributed by atoms with Crippen LogP contribution >= 0.6 is 0 Å². The number of hydrogen-bond acceptors (Lipinski definition) is 2. The van der Waals surface area contributed by atoms with Crippen LogP contribution in [-0.2, 0) is 9.53 Å². The van der Waals surface area contributed by atoms with Crippen molar-refractivity contribution in [1.82, 2.24) is 0 Å². The quantitative estimate of drug-likeness (QED) is 0.544. The van der Waals surface area contributed by atoms with Crippen LogP contribution in [0.4, 0.5) is 8.78 Å². The molecule has 0 aliphatic heterocycles. The maximum atomic E-state index is 11.7. The highest BCUT2D eigenvalue weighted by Gasteiger charge is 2.34. The van der Waals surface area contributed by atoms with Gasteiger partial charge in [0, 0.05) is 14.0 Å². The van der Waals surface area contributed by atoms with Crippen molar-refractivity contribution in [3.63, 3.8) is 0 Å². The monoisotopic (exact) mass is 124 g/mol. The molecule has 0 aromatic heterocycles. The van der Waals surface area contributed by atoms with E-state index in [1.807, 2.05) is 0 Å². The van der Waals surface area contributed by atoms with Crippen LogP contribution in [0.1, 0.15) is 6.92 Å². The van der Waals surface area contributed by atoms with E-state index < -0.39 is 11.9 Å². The van der Waals surface area contributed by atoms with Gasteiger partial charge in [0.1, 0.15) is 0 Å². The molecule has 0 amide bonds. The van der Waals surface area contributed by atoms with Crippen molar-refractivity contribution in [2.45, 2.75) is 13.0 Å². The number of ether oxygens (including phenoxy) is 1. The van der Waals surface area contributed by atoms with Gasteiger partial charge in [0.05, 0.1) is 0 Å². The summed E-state index contributed by atoms with van der Waals surface area (Å²) in [5, 5.41) is 0. The van der Waals surface area contributed by atoms with Crippen molar-refractivity contribution in [2.24, 2.45) is 0 Å². The number of Topliss-reactive ketones (excluding diaryl/α,β-unsaturated/α-hetero) is 1. The first-order valence-electron chi connectivity index (χ1n) is 1.94. The van der Waals surface area contributed by atoms with Gasteiger partial charge in [-0.25, -0.2) is 0 Å². The topological polar surface area (TPSA) is 26.3 Å². The highest BCUT2D eigenvalue weighted by Crippen LogP contribution is 2.13. The number of ketones is 1. The molecule has 2 nitrogen and oxygen atoms in total. The second-order valence-electron chi connectivity index (χ2n) is 1.28. The molecule has 0 aromatic carbocycles. The standard InChI is InChI=1S/C4H6F2O2/c1-3(7)4(5,6)8-2/h1-2H3. The molecular formula is C4H6F2O2. The van der Waals surface area contributed by atoms with Crippen LogP contribution in [0.5, 0.6) is 0 Å². The molecular weight excluding hydrogens is 118 g/mol. The fraction of sp³-hybridized carbons (Fsp3) is 0.750. The highest BCUT2D eigenvalue weighted by atomic mass is 19.3. The van der Waals surface area contributed by atoms with E-state index >= 15 is 0 Å². The molecule has 8 heavy (non-hydrogen) atoms. The normalized spacial score (nSPS) is 11.5. The Morgan fingerprint density at radius 1 is 1.62 bits per heavy atom. The van der Waals surface area contributed by atoms with E-state index in [1.54, 1.807) is 0 Å². The zero-order chi connectivity index (χ0) is 6.78. The number of alkyl halides is 2. The lowest BCUT2D eigenvalue weighted by Gasteiger charge is -2.07. The third-order valence-electron chi connectivity index (χ3n) is 0.666. The van der Waals surface area contributed by atoms with Crippen LogP contribution in [0, 0.1) is 0 Å². The molecule has 0 unspecified atom stereocenters. The second kappa shape index (κ2) is 2.17. The third-order valence-corrected chi connectivity index (χ3v) is 0.666. The van der Waals surface area contributed by atoms with E-state index in [9.17, 15) is 13.6 Å². The average molecular weight is 124 g/mol. The van der Waals surface area contributed by atoms with Gasteiger partial charge in [0.15, 0.2) is 0 Å². The van der Waals surface area contributed by atoms with Gasteiger partial charge >= 0.3 is 6.11 Å². The molecule has 0 atom stereocenters. The zero-order valence-electron chi connectivity index (χ0n) is 4.57. The largest absolute Gasteiger partial charge is 0.415 e. The molecule has 0 N–H and O–H groups in total. The molecule has 0 saturated carbocycles. The molecule has 0 saturated heterocycles. The molecule has 0 radical (unpaired) electrons. The molecule has 0 aliphatic rings. The Bertz CT molecular complexity index is 100. The Morgan fingerprint density at radius 2 is 2.00 bits per heavy atom. The molecule has 4 heteroatoms. The van der Waals surface area contributed by atoms with Crippen molar-refractivity contribution >= 4 is 5.78 Å². The molecule has 0 heterocycles. The Balaban J connectivity index is 3.91. The molecule has 48 valence electrons. The summed E-state index contributed by atoms with van der Waals surface area (Å²) >= 11 is 0. The van der Waals surface area contributed by atoms with E-state index in [-0.39, 0.29) is 0 Å². The summed E-state index contributed by atoms with van der Waals surface area (Å²) in [6.45, 7) is 0.767. The van der Waals surface area contributed by atoms with E-state index in [0.29, 0.717) is 0 Å². The minimum atomic E-state index is -3.60. The summed E-state index contributed by atoms with van der Waals surface area (Å²) in [6.07, 6.45) is -3.60. The van der Waals surface area contributed by atoms with Crippen LogP contribution in [-0.4, -0.2) is 19.0 Å². The van der Waals surface area contributed by atoms with Crippen molar-refractivity contribution in [2.75, 3.05) is 7.11 Å². The summed E-state index contributed by atoms with van der Waals surface area (Å²) in [4.78, 5) is 9.82. The lowest BCUT2D eigenvalue weighted by Crippen LogP contribution is -2.27. The predicted molar refractivity (Wildman–Crippen MR) is 22.6 cm³/mol. The summed E-state index contributed by atoms with van der Waals surface area (Å²) in [7, 11) is 0.779. The molecule has 0 spiro atoms. The number of carbonyl (C=O) groups is 1. The summed E-state index contributed by atoms with van der Waals surface area (Å²) in [5.41, 5.74) is 0. The van der Waals surface area contributed by atoms with Gasteiger partial charge in [-0.05, 0) is 0 Å². The van der Waals surface area contributed by atoms with Crippen LogP contribution in [0.15, 0.2) is 0 Å². The summed E-state index contributed by atoms with van der Waals surface area (Å²) in [6, 6.07) is 0. The van der Waals surface area contributed by atoms with E-state index in [1.165, 1.54) is 0 Å². The molecule has 0 aliphatic carbocycles. The third kappa shape index (κ3) is 1.54. The van der Waals surface area contributed by atoms with Crippen molar-refractivity contribution in [1.29, 1.82) is 0 Å². The van der Waals surface area contributed by atoms with E-state index in [0.717, 1.165) is 14.0 Å². The van der Waals surface area contributed by atoms with Gasteiger partial charge in [-0.2, -0.15) is 8.78 Å². The van der Waals surface area contributed by atoms with Crippen LogP contribution in [0.25, 0.3) is 0 Å². The van der Waals surface area contributed by atoms with Crippen molar-refractivity contribution in [3.8, 4) is 0 Å². The first-order chi connectivity index (χ1) is 3.50. The van der Waals surface area contributed by atoms with Gasteiger partial charge in [0.2, 0.25) is 5.78 Å². The van der Waals surface area contributed by atoms with Crippen molar-refractivity contribution < 1.29 is 18.3 Å². The minimum absolute atomic E-state index is 0.767. The Labute approximate surface area is 45.4 Å². The van der Waals surface area contributed by atoms with Crippen LogP contribution < -0.4 is 0 Å². The number of methoxy groups -OCH3 is 1. The smallest absolute Gasteiger partial charge is 0.318 e. The summed E-state index contributed by atoms with van der Waals surface area (Å²) < 4.78 is 26.9. The van der Waals surface area contributed by atoms with Gasteiger partial charge in [-0.3, -0.25) is 4.79 Å². The minimum Gasteiger partial charge on any atom is -0.318 e. The predicted octanol–water partition coefficient (Wildman–Crippen LogP) is 0.815. The number of halogens is 2. The van der Waals surface area contributed by atoms with Crippen LogP contribution in [0.3, 0.4) is 0 Å². The number of carbonyl (C=O) groups excluding carboxylic acids is 1. The summed E-state index contributed by atoms with van der Waals surface area (Å²) in [5.74, 6) is -1.28. The molecule has 0 aromatic rings. The van der Waals surface area contributed by atoms with E-state index in [2.05, 4.69) is 4.74 Å². The molecule has 0 rings (SSSR count). The number of rotatable bonds is 2. The molecule has 0 fully saturated rings. The first-order valence-corrected chi connectivity index (χ1v) is 1.94. The number of hydrogen-bond donors (Lipinski definition) is 0. The highest BCUT2D eigenvalue weighted by molar-refractivity contribution is 5.81. The van der Waals surface area contributed by atoms with E-state index in [4.69, 9.17) is 0 Å². The van der Waals surface area contributed by atoms with Gasteiger partial charge in [-0.15, -0.1) is 0 Å². The first kappa shape index (κ1) is 7.49. The van der Waals surface area contributed by atoms with Crippen molar-refractivity contribution in [3.05, 3.63) is 0 Å². The average Bonchev–Trinajstić information content (AvgIpc) is 1.67. The fourth-order valence-electron chi connectivity index (χ4n) is 0.144. The SMILES string of the molecule is COC(F)(F)C(C)=O. The maximum Gasteiger partial charge on any atom is 0.415 e. The second-order valence-corrected chi connectivity index (χ2v) is 1.28. The Morgan fingerprint density at radius 3 is 2.00 bits per heavy atom. The maximum absolute atomic E-state index is 11.7. The lowest BCUT2D eigenvalue weighted by molar-refractivity contribution is -0.214. The Hall–Kier alpha value is -0.510. The Kier molecular flexibility index (Phi) is 2.03. The fourth-order valence-corrected chi connectivity index (χ4v) is 0.144. The lowest BCUT2D eigenvalue weighted by atomic mass is 10.4. The van der Waals surface area contributed by atoms with Gasteiger partial charge < -0.3 is 4.74 Å². The van der Waals surface area contributed by atoms with Gasteiger partial charge in [0.25, 0.3) is 0 Å². The zero-order valence-corrected chi connectivity index (χ0v) is 4.57. The molecule has 0 bridgehead atoms. The van der Waals surface area contributed by atoms with Gasteiger partial charge in [-0.1, -0.05) is 0 Å². The van der Waals surface area contributed by atoms with Crippen LogP contribution in [0.2, 0.25) is 0 Å².